The lowest BCUT2D eigenvalue weighted by Gasteiger charge is -2.35. The van der Waals surface area contributed by atoms with Crippen LogP contribution >= 0.6 is 0 Å². The first-order chi connectivity index (χ1) is 11.0. The molecule has 2 fully saturated rings. The van der Waals surface area contributed by atoms with Crippen molar-refractivity contribution in [2.45, 2.75) is 44.6 Å². The lowest BCUT2D eigenvalue weighted by molar-refractivity contribution is 0.124. The molecule has 1 aromatic rings. The highest BCUT2D eigenvalue weighted by atomic mass is 32.2. The van der Waals surface area contributed by atoms with Crippen LogP contribution in [0.2, 0.25) is 0 Å². The summed E-state index contributed by atoms with van der Waals surface area (Å²) in [4.78, 5) is 6.45. The lowest BCUT2D eigenvalue weighted by Crippen LogP contribution is -2.51. The molecule has 2 aliphatic rings. The summed E-state index contributed by atoms with van der Waals surface area (Å²) in [5.74, 6) is 1.30. The van der Waals surface area contributed by atoms with Gasteiger partial charge in [0.2, 0.25) is 15.9 Å². The van der Waals surface area contributed by atoms with E-state index in [2.05, 4.69) is 15.0 Å². The van der Waals surface area contributed by atoms with Gasteiger partial charge in [0.25, 0.3) is 0 Å². The van der Waals surface area contributed by atoms with Crippen molar-refractivity contribution >= 4 is 10.0 Å². The molecule has 3 rings (SSSR count). The second kappa shape index (κ2) is 6.84. The maximum Gasteiger partial charge on any atom is 0.226 e. The molecule has 9 heteroatoms. The molecule has 8 nitrogen and oxygen atoms in total. The van der Waals surface area contributed by atoms with E-state index in [1.165, 1.54) is 0 Å². The highest BCUT2D eigenvalue weighted by Gasteiger charge is 2.40. The normalized spacial score (nSPS) is 27.6. The van der Waals surface area contributed by atoms with Crippen molar-refractivity contribution in [3.63, 3.8) is 0 Å². The minimum Gasteiger partial charge on any atom is -0.377 e. The largest absolute Gasteiger partial charge is 0.377 e. The maximum atomic E-state index is 12.7. The molecule has 0 amide bonds. The predicted molar refractivity (Wildman–Crippen MR) is 83.3 cm³/mol. The van der Waals surface area contributed by atoms with E-state index in [0.717, 1.165) is 6.42 Å². The second-order valence-electron chi connectivity index (χ2n) is 6.08. The predicted octanol–water partition coefficient (Wildman–Crippen LogP) is 0.257. The molecule has 3 heterocycles. The zero-order valence-electron chi connectivity index (χ0n) is 13.6. The molecule has 2 aliphatic heterocycles. The van der Waals surface area contributed by atoms with Crippen LogP contribution in [0.4, 0.5) is 0 Å². The SMILES string of the molecule is CCc1nc(CN2CCN(S(=O)(=O)[C@H]3CCO[C@@H]3C)CC2)no1. The monoisotopic (exact) mass is 344 g/mol. The Hall–Kier alpha value is -1.03. The Bertz CT molecular complexity index is 624. The summed E-state index contributed by atoms with van der Waals surface area (Å²) in [7, 11) is -3.28. The van der Waals surface area contributed by atoms with Gasteiger partial charge in [-0.05, 0) is 13.3 Å². The minimum absolute atomic E-state index is 0.218. The number of sulfonamides is 1. The fourth-order valence-electron chi connectivity index (χ4n) is 3.13. The molecule has 0 N–H and O–H groups in total. The number of ether oxygens (including phenoxy) is 1. The van der Waals surface area contributed by atoms with Crippen LogP contribution in [0.5, 0.6) is 0 Å². The summed E-state index contributed by atoms with van der Waals surface area (Å²) in [5, 5.41) is 3.54. The van der Waals surface area contributed by atoms with Gasteiger partial charge in [-0.25, -0.2) is 8.42 Å². The number of aryl methyl sites for hydroxylation is 1. The molecule has 2 atom stereocenters. The van der Waals surface area contributed by atoms with Crippen molar-refractivity contribution in [3.8, 4) is 0 Å². The van der Waals surface area contributed by atoms with Gasteiger partial charge >= 0.3 is 0 Å². The zero-order chi connectivity index (χ0) is 16.4. The van der Waals surface area contributed by atoms with Gasteiger partial charge in [0.15, 0.2) is 5.82 Å². The number of nitrogens with zero attached hydrogens (tertiary/aromatic N) is 4. The maximum absolute atomic E-state index is 12.7. The van der Waals surface area contributed by atoms with E-state index < -0.39 is 15.3 Å². The van der Waals surface area contributed by atoms with Crippen LogP contribution < -0.4 is 0 Å². The Kier molecular flexibility index (Phi) is 5.00. The fraction of sp³-hybridized carbons (Fsp3) is 0.857. The van der Waals surface area contributed by atoms with Crippen molar-refractivity contribution in [2.75, 3.05) is 32.8 Å². The van der Waals surface area contributed by atoms with E-state index in [0.29, 0.717) is 57.5 Å². The van der Waals surface area contributed by atoms with Crippen molar-refractivity contribution in [3.05, 3.63) is 11.7 Å². The van der Waals surface area contributed by atoms with Gasteiger partial charge in [-0.2, -0.15) is 9.29 Å². The standard InChI is InChI=1S/C14H24N4O4S/c1-3-14-15-13(16-22-14)10-17-5-7-18(8-6-17)23(19,20)12-4-9-21-11(12)2/h11-12H,3-10H2,1-2H3/t11-,12+/m1/s1. The van der Waals surface area contributed by atoms with Crippen molar-refractivity contribution in [1.82, 2.24) is 19.3 Å². The number of hydrogen-bond acceptors (Lipinski definition) is 7. The first kappa shape index (κ1) is 16.8. The van der Waals surface area contributed by atoms with Gasteiger partial charge in [0, 0.05) is 39.2 Å². The Morgan fingerprint density at radius 1 is 1.26 bits per heavy atom. The van der Waals surface area contributed by atoms with Gasteiger partial charge in [0.1, 0.15) is 5.25 Å². The smallest absolute Gasteiger partial charge is 0.226 e. The summed E-state index contributed by atoms with van der Waals surface area (Å²) in [6.45, 7) is 7.30. The topological polar surface area (TPSA) is 88.8 Å². The zero-order valence-corrected chi connectivity index (χ0v) is 14.5. The van der Waals surface area contributed by atoms with Crippen LogP contribution in [-0.4, -0.2) is 71.9 Å². The van der Waals surface area contributed by atoms with E-state index >= 15 is 0 Å². The molecule has 130 valence electrons. The molecule has 0 unspecified atom stereocenters. The van der Waals surface area contributed by atoms with Crippen LogP contribution in [0, 0.1) is 0 Å². The highest BCUT2D eigenvalue weighted by Crippen LogP contribution is 2.24. The number of rotatable bonds is 5. The quantitative estimate of drug-likeness (QED) is 0.757. The first-order valence-corrected chi connectivity index (χ1v) is 9.65. The van der Waals surface area contributed by atoms with Gasteiger partial charge in [-0.15, -0.1) is 0 Å². The number of piperazine rings is 1. The third-order valence-corrected chi connectivity index (χ3v) is 7.03. The van der Waals surface area contributed by atoms with Crippen molar-refractivity contribution in [2.24, 2.45) is 0 Å². The molecule has 2 saturated heterocycles. The minimum atomic E-state index is -3.28. The van der Waals surface area contributed by atoms with Gasteiger partial charge in [-0.1, -0.05) is 12.1 Å². The third kappa shape index (κ3) is 3.57. The summed E-state index contributed by atoms with van der Waals surface area (Å²) in [6, 6.07) is 0. The van der Waals surface area contributed by atoms with Crippen LogP contribution in [-0.2, 0) is 27.7 Å². The molecule has 0 aromatic carbocycles. The van der Waals surface area contributed by atoms with E-state index in [1.807, 2.05) is 13.8 Å². The molecule has 1 aromatic heterocycles. The highest BCUT2D eigenvalue weighted by molar-refractivity contribution is 7.89. The van der Waals surface area contributed by atoms with E-state index in [9.17, 15) is 8.42 Å². The molecular formula is C14H24N4O4S. The molecule has 23 heavy (non-hydrogen) atoms. The molecular weight excluding hydrogens is 320 g/mol. The lowest BCUT2D eigenvalue weighted by atomic mass is 10.3. The summed E-state index contributed by atoms with van der Waals surface area (Å²) in [5.41, 5.74) is 0. The van der Waals surface area contributed by atoms with Gasteiger partial charge < -0.3 is 9.26 Å². The molecule has 0 spiro atoms. The first-order valence-electron chi connectivity index (χ1n) is 8.15. The Morgan fingerprint density at radius 2 is 2.00 bits per heavy atom. The second-order valence-corrected chi connectivity index (χ2v) is 8.23. The summed E-state index contributed by atoms with van der Waals surface area (Å²) < 4.78 is 37.5. The van der Waals surface area contributed by atoms with E-state index in [-0.39, 0.29) is 6.10 Å². The van der Waals surface area contributed by atoms with Crippen LogP contribution in [0.25, 0.3) is 0 Å². The van der Waals surface area contributed by atoms with E-state index in [4.69, 9.17) is 9.26 Å². The van der Waals surface area contributed by atoms with Crippen LogP contribution in [0.3, 0.4) is 0 Å². The number of aromatic nitrogens is 2. The van der Waals surface area contributed by atoms with Crippen LogP contribution in [0.1, 0.15) is 32.0 Å². The molecule has 0 aliphatic carbocycles. The molecule has 0 saturated carbocycles. The molecule has 0 bridgehead atoms. The van der Waals surface area contributed by atoms with Gasteiger partial charge in [0.05, 0.1) is 12.6 Å². The van der Waals surface area contributed by atoms with Crippen LogP contribution in [0.15, 0.2) is 4.52 Å². The number of hydrogen-bond donors (Lipinski definition) is 0. The Labute approximate surface area is 136 Å². The summed E-state index contributed by atoms with van der Waals surface area (Å²) in [6.07, 6.45) is 1.09. The van der Waals surface area contributed by atoms with Crippen molar-refractivity contribution < 1.29 is 17.7 Å². The van der Waals surface area contributed by atoms with Gasteiger partial charge in [-0.3, -0.25) is 4.90 Å². The fourth-order valence-corrected chi connectivity index (χ4v) is 5.15. The average molecular weight is 344 g/mol. The summed E-state index contributed by atoms with van der Waals surface area (Å²) >= 11 is 0. The third-order valence-electron chi connectivity index (χ3n) is 4.56. The Balaban J connectivity index is 1.55. The Morgan fingerprint density at radius 3 is 2.57 bits per heavy atom. The molecule has 0 radical (unpaired) electrons. The van der Waals surface area contributed by atoms with E-state index in [1.54, 1.807) is 4.31 Å². The van der Waals surface area contributed by atoms with Crippen molar-refractivity contribution in [1.29, 1.82) is 0 Å². The average Bonchev–Trinajstić information content (AvgIpc) is 3.17.